The van der Waals surface area contributed by atoms with Gasteiger partial charge < -0.3 is 0 Å². The van der Waals surface area contributed by atoms with Crippen LogP contribution in [0.15, 0.2) is 24.3 Å². The second kappa shape index (κ2) is 10.9. The van der Waals surface area contributed by atoms with Crippen LogP contribution in [0, 0.1) is 5.92 Å². The summed E-state index contributed by atoms with van der Waals surface area (Å²) >= 11 is 0. The zero-order valence-electron chi connectivity index (χ0n) is 14.0. The average Bonchev–Trinajstić information content (AvgIpc) is 2.45. The lowest BCUT2D eigenvalue weighted by molar-refractivity contribution is 0.585. The van der Waals surface area contributed by atoms with Gasteiger partial charge in [-0.05, 0) is 42.7 Å². The van der Waals surface area contributed by atoms with Crippen LogP contribution in [-0.2, 0) is 12.8 Å². The second-order valence-corrected chi connectivity index (χ2v) is 6.62. The summed E-state index contributed by atoms with van der Waals surface area (Å²) in [5, 5.41) is 0. The first kappa shape index (κ1) is 17.3. The van der Waals surface area contributed by atoms with Crippen molar-refractivity contribution in [1.29, 1.82) is 0 Å². The summed E-state index contributed by atoms with van der Waals surface area (Å²) in [6.45, 7) is 6.88. The molecule has 0 aliphatic heterocycles. The van der Waals surface area contributed by atoms with Crippen molar-refractivity contribution in [2.75, 3.05) is 0 Å². The van der Waals surface area contributed by atoms with Gasteiger partial charge in [0.05, 0.1) is 0 Å². The molecule has 0 aliphatic carbocycles. The fraction of sp³-hybridized carbons (Fsp3) is 0.700. The number of hydrogen-bond donors (Lipinski definition) is 0. The molecule has 0 aromatic heterocycles. The number of unbranched alkanes of at least 4 members (excludes halogenated alkanes) is 6. The van der Waals surface area contributed by atoms with Gasteiger partial charge in [-0.2, -0.15) is 0 Å². The molecule has 0 spiro atoms. The maximum atomic E-state index is 2.34. The van der Waals surface area contributed by atoms with Crippen molar-refractivity contribution in [3.05, 3.63) is 35.4 Å². The van der Waals surface area contributed by atoms with E-state index in [0.29, 0.717) is 0 Å². The van der Waals surface area contributed by atoms with Crippen LogP contribution in [-0.4, -0.2) is 0 Å². The molecule has 1 aromatic carbocycles. The van der Waals surface area contributed by atoms with E-state index in [1.165, 1.54) is 75.3 Å². The van der Waals surface area contributed by atoms with E-state index in [4.69, 9.17) is 0 Å². The summed E-state index contributed by atoms with van der Waals surface area (Å²) in [6, 6.07) is 9.34. The maximum Gasteiger partial charge on any atom is -0.0276 e. The van der Waals surface area contributed by atoms with Gasteiger partial charge in [-0.15, -0.1) is 0 Å². The molecule has 0 saturated carbocycles. The van der Waals surface area contributed by atoms with Gasteiger partial charge in [-0.25, -0.2) is 0 Å². The number of hydrogen-bond acceptors (Lipinski definition) is 0. The highest BCUT2D eigenvalue weighted by Crippen LogP contribution is 2.13. The first-order valence-corrected chi connectivity index (χ1v) is 8.80. The molecule has 114 valence electrons. The van der Waals surface area contributed by atoms with Crippen LogP contribution < -0.4 is 0 Å². The van der Waals surface area contributed by atoms with Crippen molar-refractivity contribution in [2.24, 2.45) is 5.92 Å². The van der Waals surface area contributed by atoms with Gasteiger partial charge in [0.25, 0.3) is 0 Å². The summed E-state index contributed by atoms with van der Waals surface area (Å²) in [6.07, 6.45) is 13.6. The predicted molar refractivity (Wildman–Crippen MR) is 91.3 cm³/mol. The summed E-state index contributed by atoms with van der Waals surface area (Å²) in [5.41, 5.74) is 3.02. The number of rotatable bonds is 11. The molecule has 0 N–H and O–H groups in total. The van der Waals surface area contributed by atoms with Crippen LogP contribution in [0.5, 0.6) is 0 Å². The standard InChI is InChI=1S/C20H34/c1-4-5-6-7-8-9-10-11-19-14-16-20(17-15-19)13-12-18(2)3/h14-18H,4-13H2,1-3H3. The highest BCUT2D eigenvalue weighted by atomic mass is 14.0. The Morgan fingerprint density at radius 1 is 0.700 bits per heavy atom. The average molecular weight is 274 g/mol. The molecule has 0 bridgehead atoms. The van der Waals surface area contributed by atoms with Gasteiger partial charge in [0.1, 0.15) is 0 Å². The molecule has 0 saturated heterocycles. The Hall–Kier alpha value is -0.780. The molecule has 1 aromatic rings. The monoisotopic (exact) mass is 274 g/mol. The number of benzene rings is 1. The van der Waals surface area contributed by atoms with Gasteiger partial charge in [0, 0.05) is 0 Å². The fourth-order valence-corrected chi connectivity index (χ4v) is 2.61. The molecule has 0 aliphatic rings. The smallest absolute Gasteiger partial charge is 0.0276 e. The van der Waals surface area contributed by atoms with Gasteiger partial charge in [0.15, 0.2) is 0 Å². The molecular formula is C20H34. The Morgan fingerprint density at radius 3 is 1.75 bits per heavy atom. The Kier molecular flexibility index (Phi) is 9.45. The summed E-state index contributed by atoms with van der Waals surface area (Å²) in [4.78, 5) is 0. The fourth-order valence-electron chi connectivity index (χ4n) is 2.61. The van der Waals surface area contributed by atoms with Crippen molar-refractivity contribution < 1.29 is 0 Å². The first-order chi connectivity index (χ1) is 9.72. The molecule has 0 amide bonds. The van der Waals surface area contributed by atoms with Gasteiger partial charge in [0.2, 0.25) is 0 Å². The van der Waals surface area contributed by atoms with E-state index in [1.54, 1.807) is 0 Å². The minimum absolute atomic E-state index is 0.808. The van der Waals surface area contributed by atoms with Crippen LogP contribution in [0.3, 0.4) is 0 Å². The Labute approximate surface area is 127 Å². The van der Waals surface area contributed by atoms with E-state index in [0.717, 1.165) is 5.92 Å². The quantitative estimate of drug-likeness (QED) is 0.400. The van der Waals surface area contributed by atoms with Crippen molar-refractivity contribution in [3.8, 4) is 0 Å². The van der Waals surface area contributed by atoms with Gasteiger partial charge >= 0.3 is 0 Å². The molecule has 0 fully saturated rings. The normalized spacial score (nSPS) is 11.2. The molecule has 1 rings (SSSR count). The number of aryl methyl sites for hydroxylation is 2. The van der Waals surface area contributed by atoms with Crippen LogP contribution in [0.4, 0.5) is 0 Å². The molecule has 0 atom stereocenters. The lowest BCUT2D eigenvalue weighted by atomic mass is 10.00. The van der Waals surface area contributed by atoms with Crippen LogP contribution in [0.25, 0.3) is 0 Å². The third-order valence-corrected chi connectivity index (χ3v) is 4.10. The first-order valence-electron chi connectivity index (χ1n) is 8.80. The lowest BCUT2D eigenvalue weighted by Gasteiger charge is -2.06. The molecule has 0 heteroatoms. The lowest BCUT2D eigenvalue weighted by Crippen LogP contribution is -1.93. The molecule has 0 heterocycles. The summed E-state index contributed by atoms with van der Waals surface area (Å²) < 4.78 is 0. The third kappa shape index (κ3) is 8.40. The molecule has 0 unspecified atom stereocenters. The molecular weight excluding hydrogens is 240 g/mol. The summed E-state index contributed by atoms with van der Waals surface area (Å²) in [5.74, 6) is 0.808. The SMILES string of the molecule is CCCCCCCCCc1ccc(CCC(C)C)cc1. The summed E-state index contributed by atoms with van der Waals surface area (Å²) in [7, 11) is 0. The van der Waals surface area contributed by atoms with Gasteiger partial charge in [-0.1, -0.05) is 83.6 Å². The highest BCUT2D eigenvalue weighted by Gasteiger charge is 1.98. The van der Waals surface area contributed by atoms with E-state index in [-0.39, 0.29) is 0 Å². The van der Waals surface area contributed by atoms with E-state index < -0.39 is 0 Å². The van der Waals surface area contributed by atoms with E-state index in [2.05, 4.69) is 45.0 Å². The van der Waals surface area contributed by atoms with Crippen molar-refractivity contribution in [2.45, 2.75) is 85.0 Å². The minimum Gasteiger partial charge on any atom is -0.0654 e. The van der Waals surface area contributed by atoms with Crippen molar-refractivity contribution in [1.82, 2.24) is 0 Å². The van der Waals surface area contributed by atoms with E-state index in [9.17, 15) is 0 Å². The molecule has 0 radical (unpaired) electrons. The predicted octanol–water partition coefficient (Wildman–Crippen LogP) is 6.57. The zero-order chi connectivity index (χ0) is 14.6. The van der Waals surface area contributed by atoms with E-state index >= 15 is 0 Å². The third-order valence-electron chi connectivity index (χ3n) is 4.10. The zero-order valence-corrected chi connectivity index (χ0v) is 14.0. The maximum absolute atomic E-state index is 2.34. The topological polar surface area (TPSA) is 0 Å². The second-order valence-electron chi connectivity index (χ2n) is 6.62. The van der Waals surface area contributed by atoms with Crippen molar-refractivity contribution >= 4 is 0 Å². The largest absolute Gasteiger partial charge is 0.0654 e. The van der Waals surface area contributed by atoms with Crippen LogP contribution in [0.1, 0.15) is 83.3 Å². The van der Waals surface area contributed by atoms with Crippen LogP contribution >= 0.6 is 0 Å². The Balaban J connectivity index is 2.12. The van der Waals surface area contributed by atoms with E-state index in [1.807, 2.05) is 0 Å². The highest BCUT2D eigenvalue weighted by molar-refractivity contribution is 5.22. The van der Waals surface area contributed by atoms with Gasteiger partial charge in [-0.3, -0.25) is 0 Å². The Morgan fingerprint density at radius 2 is 1.20 bits per heavy atom. The van der Waals surface area contributed by atoms with Crippen LogP contribution in [0.2, 0.25) is 0 Å². The minimum atomic E-state index is 0.808. The molecule has 20 heavy (non-hydrogen) atoms. The molecule has 0 nitrogen and oxygen atoms in total. The Bertz CT molecular complexity index is 320. The van der Waals surface area contributed by atoms with Crippen molar-refractivity contribution in [3.63, 3.8) is 0 Å².